The van der Waals surface area contributed by atoms with E-state index in [4.69, 9.17) is 9.47 Å². The fourth-order valence-corrected chi connectivity index (χ4v) is 29.7. The van der Waals surface area contributed by atoms with Gasteiger partial charge in [-0.15, -0.1) is 5.92 Å². The topological polar surface area (TPSA) is 166 Å². The number of benzene rings is 4. The Morgan fingerprint density at radius 1 is 0.704 bits per heavy atom. The molecular weight excluding hydrogens is 1210 g/mol. The molecular formula is C88H101NO9. The number of nitrogens with one attached hydrogen (secondary N) is 1. The lowest BCUT2D eigenvalue weighted by molar-refractivity contribution is -0.400. The number of ether oxygens (including phenoxy) is 2. The number of likely N-dealkylation sites (N-methyl/N-ethyl adjacent to an activating group) is 1. The van der Waals surface area contributed by atoms with Crippen molar-refractivity contribution in [2.45, 2.75) is 221 Å². The van der Waals surface area contributed by atoms with Crippen molar-refractivity contribution < 1.29 is 44.6 Å². The molecule has 0 aromatic heterocycles. The summed E-state index contributed by atoms with van der Waals surface area (Å²) in [5, 5.41) is 78.2. The summed E-state index contributed by atoms with van der Waals surface area (Å²) in [7, 11) is 1.98. The van der Waals surface area contributed by atoms with E-state index in [1.807, 2.05) is 19.2 Å². The Hall–Kier alpha value is -5.40. The summed E-state index contributed by atoms with van der Waals surface area (Å²) in [5.74, 6) is 13.8. The van der Waals surface area contributed by atoms with Crippen LogP contribution in [-0.4, -0.2) is 92.1 Å². The van der Waals surface area contributed by atoms with Gasteiger partial charge in [0.15, 0.2) is 0 Å². The zero-order valence-corrected chi connectivity index (χ0v) is 57.6. The van der Waals surface area contributed by atoms with Gasteiger partial charge in [-0.1, -0.05) is 110 Å². The van der Waals surface area contributed by atoms with Gasteiger partial charge in [-0.05, 0) is 282 Å². The first kappa shape index (κ1) is 62.4. The number of aldehydes is 1. The van der Waals surface area contributed by atoms with Gasteiger partial charge in [0.25, 0.3) is 0 Å². The standard InChI is InChI=1S/C88H101NO9/c1-49-58-19-18-55(33-58)31-51-9-4-11-54(30-51)35-65-38-64-39-69-67-17-7-15-61-43-83-46-82-26-24-56(42-82)32-52-10-3-8-50(28-52)29-53-12-5-14-60(34-53)66(67)21-23-72(69)85(64)47-84(48-91)79(61)88(96,80(93)74-37-59(49)20-22-73(81(85)97-65)87(74,84)95)86(83,94)44-63-36-70(78-71(77(63)83)41-76(92)98-78)75(89-2)40-68-57(25-27-82)13-6-16-62(68)45-90/h3-6,8-14,16,28,30,34,41,48-49,55-56,58-59,61,63-67,69-70,72-75,77-81,89-90,93-96H,17-24,26,29,31-33,35-40,42-47H2,1-2H3/t49-,55+,56+,58-,59+,61+,63+,64-,65+,66-,67+,69-,70+,72+,73-,74+,75-,77+,78+,79+,80+,81+,82-,83-,84-,85-,86+,87+,88+/m0/s1. The molecule has 17 aliphatic rings. The van der Waals surface area contributed by atoms with Crippen LogP contribution in [0.15, 0.2) is 103 Å². The molecule has 3 spiro atoms. The zero-order valence-electron chi connectivity index (χ0n) is 57.6. The van der Waals surface area contributed by atoms with Crippen molar-refractivity contribution >= 4 is 12.3 Å². The number of aliphatic hydroxyl groups excluding tert-OH is 2. The molecule has 0 amide bonds. The van der Waals surface area contributed by atoms with Crippen LogP contribution >= 0.6 is 0 Å². The third-order valence-corrected chi connectivity index (χ3v) is 32.9. The first-order valence-electron chi connectivity index (χ1n) is 39.1. The highest BCUT2D eigenvalue weighted by atomic mass is 16.5. The third kappa shape index (κ3) is 8.38. The van der Waals surface area contributed by atoms with Crippen molar-refractivity contribution in [3.63, 3.8) is 0 Å². The minimum Gasteiger partial charge on any atom is -0.454 e. The molecule has 98 heavy (non-hydrogen) atoms. The van der Waals surface area contributed by atoms with E-state index in [9.17, 15) is 9.90 Å². The van der Waals surface area contributed by atoms with Crippen molar-refractivity contribution in [3.05, 3.63) is 153 Å². The molecule has 10 saturated carbocycles. The van der Waals surface area contributed by atoms with E-state index >= 15 is 25.2 Å². The molecule has 10 heteroatoms. The van der Waals surface area contributed by atoms with Gasteiger partial charge in [0.05, 0.1) is 35.9 Å². The van der Waals surface area contributed by atoms with E-state index in [0.717, 1.165) is 119 Å². The average Bonchev–Trinajstić information content (AvgIpc) is 1.23. The van der Waals surface area contributed by atoms with Crippen molar-refractivity contribution in [1.29, 1.82) is 0 Å². The minimum atomic E-state index is -2.38. The van der Waals surface area contributed by atoms with E-state index in [2.05, 4.69) is 115 Å². The predicted octanol–water partition coefficient (Wildman–Crippen LogP) is 12.2. The molecule has 1 saturated heterocycles. The van der Waals surface area contributed by atoms with Crippen molar-refractivity contribution in [2.75, 3.05) is 7.05 Å². The Kier molecular flexibility index (Phi) is 14.0. The van der Waals surface area contributed by atoms with Gasteiger partial charge in [0.1, 0.15) is 23.6 Å². The maximum atomic E-state index is 16.6. The number of carbonyl (C=O) groups is 2. The summed E-state index contributed by atoms with van der Waals surface area (Å²) < 4.78 is 14.9. The Morgan fingerprint density at radius 3 is 2.29 bits per heavy atom. The molecule has 21 rings (SSSR count). The van der Waals surface area contributed by atoms with Crippen LogP contribution in [0.3, 0.4) is 0 Å². The van der Waals surface area contributed by atoms with E-state index in [1.54, 1.807) is 6.08 Å². The normalized spacial score (nSPS) is 48.9. The monoisotopic (exact) mass is 1320 g/mol. The van der Waals surface area contributed by atoms with Gasteiger partial charge in [-0.2, -0.15) is 0 Å². The molecule has 14 aliphatic carbocycles. The lowest BCUT2D eigenvalue weighted by atomic mass is 9.30. The van der Waals surface area contributed by atoms with E-state index < -0.39 is 92.3 Å². The van der Waals surface area contributed by atoms with Gasteiger partial charge >= 0.3 is 5.97 Å². The first-order chi connectivity index (χ1) is 47.5. The van der Waals surface area contributed by atoms with Crippen molar-refractivity contribution in [3.8, 4) is 23.7 Å². The molecule has 4 aromatic rings. The molecule has 3 aliphatic heterocycles. The van der Waals surface area contributed by atoms with Gasteiger partial charge in [0, 0.05) is 69.9 Å². The first-order valence-corrected chi connectivity index (χ1v) is 39.1. The lowest BCUT2D eigenvalue weighted by Crippen LogP contribution is -2.88. The highest BCUT2D eigenvalue weighted by Gasteiger charge is 2.90. The predicted molar refractivity (Wildman–Crippen MR) is 372 cm³/mol. The Morgan fingerprint density at radius 2 is 1.46 bits per heavy atom. The van der Waals surface area contributed by atoms with E-state index in [0.29, 0.717) is 63.2 Å². The molecule has 0 radical (unpaired) electrons. The Balaban J connectivity index is 0.869. The molecule has 4 aromatic carbocycles. The SMILES string of the molecule is CN[C@H]1Cc2c(cccc2CO)C#C[C@]23CC[C@H](Cc4cccc(c4)Cc4cccc(c4)[C@@H]4CC[C@@H]5[C@H]6C[C@@H]7C[C@H]8Cc9cccc(c9)C[C@H]9CC[C@@H](C9)[C@H](C)[C@@H]9CC[C@H]%10[C@@H](O8)[C@@]75C[C@]5(C=O)[C@H]7[C@H](C#CC[C@@H]64)C[C@]4(C2)[C@H]2C6=CC(=O)O[C@@H]6[C@@H]1C[C@@H]2C[C@]4(O)[C@]7(O)[C@H](O)[C@@H](C9)[C@]%105O)C3. The van der Waals surface area contributed by atoms with Crippen LogP contribution in [0.5, 0.6) is 0 Å². The molecule has 11 fully saturated rings. The second-order valence-corrected chi connectivity index (χ2v) is 36.5. The molecule has 29 atom stereocenters. The van der Waals surface area contributed by atoms with Gasteiger partial charge in [0.2, 0.25) is 0 Å². The summed E-state index contributed by atoms with van der Waals surface area (Å²) in [6, 6.07) is 34.1. The zero-order chi connectivity index (χ0) is 66.2. The summed E-state index contributed by atoms with van der Waals surface area (Å²) >= 11 is 0. The summed E-state index contributed by atoms with van der Waals surface area (Å²) in [4.78, 5) is 31.3. The second-order valence-electron chi connectivity index (χ2n) is 36.5. The third-order valence-electron chi connectivity index (χ3n) is 32.9. The Labute approximate surface area is 579 Å². The molecule has 512 valence electrons. The van der Waals surface area contributed by atoms with Gasteiger partial charge in [-0.3, -0.25) is 0 Å². The smallest absolute Gasteiger partial charge is 0.331 e. The van der Waals surface area contributed by atoms with Crippen LogP contribution in [0.4, 0.5) is 0 Å². The summed E-state index contributed by atoms with van der Waals surface area (Å²) in [6.45, 7) is 2.31. The maximum absolute atomic E-state index is 16.6. The van der Waals surface area contributed by atoms with Crippen LogP contribution in [0.1, 0.15) is 185 Å². The summed E-state index contributed by atoms with van der Waals surface area (Å²) in [5.41, 5.74) is 0.993. The number of carbonyl (C=O) groups excluding carboxylic acids is 2. The number of hydrogen-bond acceptors (Lipinski definition) is 10. The van der Waals surface area contributed by atoms with E-state index in [-0.39, 0.29) is 84.4 Å². The number of fused-ring (bicyclic) bond motifs is 16. The highest BCUT2D eigenvalue weighted by molar-refractivity contribution is 5.86. The van der Waals surface area contributed by atoms with Gasteiger partial charge < -0.3 is 45.1 Å². The maximum Gasteiger partial charge on any atom is 0.331 e. The quantitative estimate of drug-likeness (QED) is 0.0661. The Bertz CT molecular complexity index is 4140. The van der Waals surface area contributed by atoms with Crippen LogP contribution in [-0.2, 0) is 57.8 Å². The molecule has 0 unspecified atom stereocenters. The summed E-state index contributed by atoms with van der Waals surface area (Å²) in [6.07, 6.45) is 17.8. The fraction of sp³-hybridized carbons (Fsp3) is 0.636. The minimum absolute atomic E-state index is 0.0588. The van der Waals surface area contributed by atoms with Crippen LogP contribution in [0, 0.1) is 140 Å². The fourth-order valence-electron chi connectivity index (χ4n) is 29.7. The average molecular weight is 1320 g/mol. The van der Waals surface area contributed by atoms with Crippen LogP contribution in [0.25, 0.3) is 0 Å². The number of esters is 1. The highest BCUT2D eigenvalue weighted by Crippen LogP contribution is 2.83. The van der Waals surface area contributed by atoms with E-state index in [1.165, 1.54) is 39.7 Å². The number of aliphatic hydroxyl groups is 5. The molecule has 10 nitrogen and oxygen atoms in total. The van der Waals surface area contributed by atoms with Crippen molar-refractivity contribution in [1.82, 2.24) is 5.32 Å². The lowest BCUT2D eigenvalue weighted by Gasteiger charge is -2.77. The van der Waals surface area contributed by atoms with Crippen molar-refractivity contribution in [2.24, 2.45) is 116 Å². The largest absolute Gasteiger partial charge is 0.454 e. The van der Waals surface area contributed by atoms with Crippen LogP contribution in [0.2, 0.25) is 0 Å². The second kappa shape index (κ2) is 22.1. The number of rotatable bonds is 3. The number of hydrogen-bond donors (Lipinski definition) is 6. The van der Waals surface area contributed by atoms with Gasteiger partial charge in [-0.25, -0.2) is 4.79 Å². The molecule has 24 bridgehead atoms. The molecule has 6 N–H and O–H groups in total. The molecule has 3 heterocycles. The van der Waals surface area contributed by atoms with Crippen LogP contribution < -0.4 is 5.32 Å².